The van der Waals surface area contributed by atoms with Gasteiger partial charge in [-0.2, -0.15) is 0 Å². The lowest BCUT2D eigenvalue weighted by atomic mass is 9.97. The van der Waals surface area contributed by atoms with Gasteiger partial charge in [0.25, 0.3) is 0 Å². The first kappa shape index (κ1) is 25.8. The fourth-order valence-corrected chi connectivity index (χ4v) is 4.51. The second kappa shape index (κ2) is 13.1. The molecule has 2 aromatic carbocycles. The van der Waals surface area contributed by atoms with E-state index in [0.29, 0.717) is 19.5 Å². The number of amides is 2. The molecule has 0 atom stereocenters. The molecule has 0 saturated carbocycles. The number of rotatable bonds is 11. The number of methoxy groups -OCH3 is 1. The number of nitrogens with zero attached hydrogens (tertiary/aromatic N) is 2. The van der Waals surface area contributed by atoms with Crippen LogP contribution in [0.5, 0.6) is 5.75 Å². The number of ether oxygens (including phenoxy) is 1. The van der Waals surface area contributed by atoms with Gasteiger partial charge in [-0.1, -0.05) is 30.3 Å². The molecule has 3 rings (SSSR count). The quantitative estimate of drug-likeness (QED) is 0.396. The van der Waals surface area contributed by atoms with Crippen LogP contribution in [-0.4, -0.2) is 68.5 Å². The maximum Gasteiger partial charge on any atom is 0.317 e. The van der Waals surface area contributed by atoms with E-state index >= 15 is 0 Å². The zero-order chi connectivity index (χ0) is 24.3. The van der Waals surface area contributed by atoms with E-state index in [0.717, 1.165) is 63.1 Å². The number of unbranched alkanes of at least 4 members (excludes halogenated alkanes) is 1. The molecule has 0 unspecified atom stereocenters. The maximum absolute atomic E-state index is 12.8. The Hall–Kier alpha value is -2.86. The largest absolute Gasteiger partial charge is 0.496 e. The summed E-state index contributed by atoms with van der Waals surface area (Å²) >= 11 is 0. The standard InChI is InChI=1S/C28H39N3O3/c1-4-29-28(33)31-19-15-22-12-13-25(21-24(22)16-20-31)26(32)10-7-8-17-30(2)18-14-23-9-5-6-11-27(23)34-3/h5-6,9,11-13,21H,4,7-8,10,14-20H2,1-3H3,(H,29,33). The van der Waals surface area contributed by atoms with Gasteiger partial charge >= 0.3 is 6.03 Å². The number of hydrogen-bond acceptors (Lipinski definition) is 4. The molecule has 6 nitrogen and oxygen atoms in total. The van der Waals surface area contributed by atoms with Gasteiger partial charge < -0.3 is 19.9 Å². The van der Waals surface area contributed by atoms with Crippen LogP contribution in [0.3, 0.4) is 0 Å². The van der Waals surface area contributed by atoms with Crippen molar-refractivity contribution in [3.05, 3.63) is 64.7 Å². The van der Waals surface area contributed by atoms with Crippen LogP contribution in [0, 0.1) is 0 Å². The lowest BCUT2D eigenvalue weighted by molar-refractivity contribution is 0.0978. The van der Waals surface area contributed by atoms with Gasteiger partial charge in [-0.3, -0.25) is 4.79 Å². The van der Waals surface area contributed by atoms with E-state index in [-0.39, 0.29) is 11.8 Å². The van der Waals surface area contributed by atoms with Crippen LogP contribution in [0.15, 0.2) is 42.5 Å². The number of likely N-dealkylation sites (N-methyl/N-ethyl adjacent to an activating group) is 1. The molecule has 0 radical (unpaired) electrons. The van der Waals surface area contributed by atoms with Gasteiger partial charge in [-0.15, -0.1) is 0 Å². The second-order valence-corrected chi connectivity index (χ2v) is 9.05. The highest BCUT2D eigenvalue weighted by Gasteiger charge is 2.19. The molecule has 6 heteroatoms. The molecule has 34 heavy (non-hydrogen) atoms. The fraction of sp³-hybridized carbons (Fsp3) is 0.500. The Morgan fingerprint density at radius 1 is 1.03 bits per heavy atom. The molecule has 0 aliphatic carbocycles. The molecule has 1 aliphatic rings. The summed E-state index contributed by atoms with van der Waals surface area (Å²) in [5.74, 6) is 1.16. The topological polar surface area (TPSA) is 61.9 Å². The molecule has 0 saturated heterocycles. The first-order valence-electron chi connectivity index (χ1n) is 12.5. The fourth-order valence-electron chi connectivity index (χ4n) is 4.51. The monoisotopic (exact) mass is 465 g/mol. The number of benzene rings is 2. The third-order valence-electron chi connectivity index (χ3n) is 6.59. The molecule has 1 heterocycles. The van der Waals surface area contributed by atoms with Crippen LogP contribution in [0.25, 0.3) is 0 Å². The number of carbonyl (C=O) groups is 2. The van der Waals surface area contributed by atoms with Crippen molar-refractivity contribution in [1.29, 1.82) is 0 Å². The van der Waals surface area contributed by atoms with Crippen molar-refractivity contribution in [3.63, 3.8) is 0 Å². The summed E-state index contributed by atoms with van der Waals surface area (Å²) in [6.07, 6.45) is 5.05. The lowest BCUT2D eigenvalue weighted by Gasteiger charge is -2.20. The van der Waals surface area contributed by atoms with E-state index in [1.807, 2.05) is 36.1 Å². The Bertz CT molecular complexity index is 960. The normalized spacial score (nSPS) is 13.4. The van der Waals surface area contributed by atoms with Crippen LogP contribution in [0.1, 0.15) is 53.2 Å². The van der Waals surface area contributed by atoms with Crippen molar-refractivity contribution in [2.45, 2.75) is 45.4 Å². The molecular formula is C28H39N3O3. The molecule has 1 N–H and O–H groups in total. The Morgan fingerprint density at radius 2 is 1.79 bits per heavy atom. The highest BCUT2D eigenvalue weighted by Crippen LogP contribution is 2.20. The van der Waals surface area contributed by atoms with Gasteiger partial charge in [0.05, 0.1) is 7.11 Å². The highest BCUT2D eigenvalue weighted by atomic mass is 16.5. The molecule has 1 aliphatic heterocycles. The molecule has 0 spiro atoms. The number of carbonyl (C=O) groups excluding carboxylic acids is 2. The van der Waals surface area contributed by atoms with E-state index in [9.17, 15) is 9.59 Å². The average Bonchev–Trinajstić information content (AvgIpc) is 3.07. The van der Waals surface area contributed by atoms with Gasteiger partial charge in [-0.05, 0) is 81.4 Å². The SMILES string of the molecule is CCNC(=O)N1CCc2ccc(C(=O)CCCCN(C)CCc3ccccc3OC)cc2CC1. The summed E-state index contributed by atoms with van der Waals surface area (Å²) in [6, 6.07) is 14.3. The van der Waals surface area contributed by atoms with Gasteiger partial charge in [0.1, 0.15) is 5.75 Å². The minimum atomic E-state index is -0.000482. The third kappa shape index (κ3) is 7.32. The summed E-state index contributed by atoms with van der Waals surface area (Å²) in [6.45, 7) is 5.92. The van der Waals surface area contributed by atoms with Gasteiger partial charge in [0.15, 0.2) is 5.78 Å². The Kier molecular flexibility index (Phi) is 9.95. The van der Waals surface area contributed by atoms with Crippen LogP contribution in [0.2, 0.25) is 0 Å². The van der Waals surface area contributed by atoms with Crippen molar-refractivity contribution in [3.8, 4) is 5.75 Å². The number of nitrogens with one attached hydrogen (secondary N) is 1. The number of Topliss-reactive ketones (excluding diaryl/α,β-unsaturated/α-hetero) is 1. The summed E-state index contributed by atoms with van der Waals surface area (Å²) in [4.78, 5) is 29.2. The van der Waals surface area contributed by atoms with Crippen molar-refractivity contribution in [2.24, 2.45) is 0 Å². The number of hydrogen-bond donors (Lipinski definition) is 1. The molecule has 2 amide bonds. The van der Waals surface area contributed by atoms with Gasteiger partial charge in [0, 0.05) is 38.2 Å². The average molecular weight is 466 g/mol. The Labute approximate surface area is 204 Å². The minimum absolute atomic E-state index is 0.000482. The zero-order valence-electron chi connectivity index (χ0n) is 20.9. The lowest BCUT2D eigenvalue weighted by Crippen LogP contribution is -2.41. The van der Waals surface area contributed by atoms with Crippen LogP contribution >= 0.6 is 0 Å². The van der Waals surface area contributed by atoms with E-state index in [1.54, 1.807) is 7.11 Å². The molecule has 2 aromatic rings. The number of urea groups is 1. The van der Waals surface area contributed by atoms with Gasteiger partial charge in [0.2, 0.25) is 0 Å². The molecule has 184 valence electrons. The van der Waals surface area contributed by atoms with Crippen LogP contribution in [-0.2, 0) is 19.3 Å². The Balaban J connectivity index is 1.41. The van der Waals surface area contributed by atoms with Crippen molar-refractivity contribution in [2.75, 3.05) is 46.9 Å². The molecule has 0 bridgehead atoms. The van der Waals surface area contributed by atoms with Crippen molar-refractivity contribution in [1.82, 2.24) is 15.1 Å². The number of ketones is 1. The van der Waals surface area contributed by atoms with Crippen molar-refractivity contribution >= 4 is 11.8 Å². The zero-order valence-corrected chi connectivity index (χ0v) is 20.9. The summed E-state index contributed by atoms with van der Waals surface area (Å²) in [5.41, 5.74) is 4.48. The van der Waals surface area contributed by atoms with E-state index in [2.05, 4.69) is 35.5 Å². The number of para-hydroxylation sites is 1. The first-order chi connectivity index (χ1) is 16.5. The summed E-state index contributed by atoms with van der Waals surface area (Å²) in [7, 11) is 3.85. The maximum atomic E-state index is 12.8. The van der Waals surface area contributed by atoms with Crippen LogP contribution in [0.4, 0.5) is 4.79 Å². The molecular weight excluding hydrogens is 426 g/mol. The van der Waals surface area contributed by atoms with E-state index in [4.69, 9.17) is 4.74 Å². The van der Waals surface area contributed by atoms with E-state index < -0.39 is 0 Å². The van der Waals surface area contributed by atoms with Gasteiger partial charge in [-0.25, -0.2) is 4.79 Å². The predicted octanol–water partition coefficient (Wildman–Crippen LogP) is 4.35. The minimum Gasteiger partial charge on any atom is -0.496 e. The molecule has 0 fully saturated rings. The smallest absolute Gasteiger partial charge is 0.317 e. The van der Waals surface area contributed by atoms with Crippen LogP contribution < -0.4 is 10.1 Å². The Morgan fingerprint density at radius 3 is 2.56 bits per heavy atom. The highest BCUT2D eigenvalue weighted by molar-refractivity contribution is 5.96. The predicted molar refractivity (Wildman–Crippen MR) is 137 cm³/mol. The second-order valence-electron chi connectivity index (χ2n) is 9.05. The number of fused-ring (bicyclic) bond motifs is 1. The summed E-state index contributed by atoms with van der Waals surface area (Å²) < 4.78 is 5.44. The third-order valence-corrected chi connectivity index (χ3v) is 6.59. The molecule has 0 aromatic heterocycles. The first-order valence-corrected chi connectivity index (χ1v) is 12.5. The van der Waals surface area contributed by atoms with Crippen molar-refractivity contribution < 1.29 is 14.3 Å². The van der Waals surface area contributed by atoms with E-state index in [1.165, 1.54) is 16.7 Å². The summed E-state index contributed by atoms with van der Waals surface area (Å²) in [5, 5.41) is 2.88.